The number of hydrogen-bond acceptors (Lipinski definition) is 1. The largest absolute Gasteiger partial charge is 0.373 e. The van der Waals surface area contributed by atoms with E-state index in [4.69, 9.17) is 6.42 Å². The van der Waals surface area contributed by atoms with E-state index in [9.17, 15) is 0 Å². The lowest BCUT2D eigenvalue weighted by molar-refractivity contribution is 1.36. The number of terminal acetylenes is 1. The molecular weight excluding hydrogens is 329 g/mol. The summed E-state index contributed by atoms with van der Waals surface area (Å²) in [6.45, 7) is 0.562. The SMILES string of the molecule is C#CCNc1cc(Br)ccc1I. The van der Waals surface area contributed by atoms with Gasteiger partial charge in [0.05, 0.1) is 6.54 Å². The normalized spacial score (nSPS) is 9.08. The summed E-state index contributed by atoms with van der Waals surface area (Å²) in [5, 5.41) is 3.13. The molecule has 0 amide bonds. The van der Waals surface area contributed by atoms with E-state index >= 15 is 0 Å². The average Bonchev–Trinajstić information content (AvgIpc) is 2.07. The molecule has 3 heteroatoms. The zero-order chi connectivity index (χ0) is 8.97. The van der Waals surface area contributed by atoms with Gasteiger partial charge in [-0.1, -0.05) is 21.9 Å². The quantitative estimate of drug-likeness (QED) is 0.647. The second kappa shape index (κ2) is 4.73. The van der Waals surface area contributed by atoms with Gasteiger partial charge in [0.25, 0.3) is 0 Å². The van der Waals surface area contributed by atoms with E-state index < -0.39 is 0 Å². The van der Waals surface area contributed by atoms with Crippen LogP contribution in [0.5, 0.6) is 0 Å². The van der Waals surface area contributed by atoms with Crippen LogP contribution in [0.1, 0.15) is 0 Å². The van der Waals surface area contributed by atoms with Gasteiger partial charge in [0.2, 0.25) is 0 Å². The van der Waals surface area contributed by atoms with Crippen LogP contribution in [0.25, 0.3) is 0 Å². The van der Waals surface area contributed by atoms with Crippen LogP contribution in [0.3, 0.4) is 0 Å². The minimum Gasteiger partial charge on any atom is -0.373 e. The lowest BCUT2D eigenvalue weighted by Crippen LogP contribution is -1.99. The minimum atomic E-state index is 0.562. The molecule has 0 aromatic heterocycles. The Kier molecular flexibility index (Phi) is 3.89. The van der Waals surface area contributed by atoms with Crippen LogP contribution >= 0.6 is 38.5 Å². The van der Waals surface area contributed by atoms with E-state index in [0.29, 0.717) is 6.54 Å². The maximum atomic E-state index is 5.14. The molecule has 0 heterocycles. The first kappa shape index (κ1) is 9.87. The molecule has 0 aliphatic rings. The van der Waals surface area contributed by atoms with Gasteiger partial charge < -0.3 is 5.32 Å². The van der Waals surface area contributed by atoms with Crippen LogP contribution in [0.2, 0.25) is 0 Å². The highest BCUT2D eigenvalue weighted by Gasteiger charge is 1.97. The van der Waals surface area contributed by atoms with Crippen molar-refractivity contribution >= 4 is 44.2 Å². The van der Waals surface area contributed by atoms with Crippen molar-refractivity contribution in [2.75, 3.05) is 11.9 Å². The van der Waals surface area contributed by atoms with Crippen molar-refractivity contribution in [1.29, 1.82) is 0 Å². The Morgan fingerprint density at radius 3 is 3.00 bits per heavy atom. The molecule has 0 saturated carbocycles. The number of hydrogen-bond donors (Lipinski definition) is 1. The Balaban J connectivity index is 2.84. The van der Waals surface area contributed by atoms with Crippen molar-refractivity contribution < 1.29 is 0 Å². The molecule has 0 spiro atoms. The Morgan fingerprint density at radius 2 is 2.33 bits per heavy atom. The Labute approximate surface area is 94.2 Å². The fourth-order valence-electron chi connectivity index (χ4n) is 0.779. The Morgan fingerprint density at radius 1 is 1.58 bits per heavy atom. The Bertz CT molecular complexity index is 317. The predicted octanol–water partition coefficient (Wildman–Crippen LogP) is 3.10. The molecular formula is C9H7BrIN. The van der Waals surface area contributed by atoms with Gasteiger partial charge >= 0.3 is 0 Å². The molecule has 0 bridgehead atoms. The van der Waals surface area contributed by atoms with Gasteiger partial charge in [0.15, 0.2) is 0 Å². The smallest absolute Gasteiger partial charge is 0.0763 e. The number of nitrogens with one attached hydrogen (secondary N) is 1. The second-order valence-electron chi connectivity index (χ2n) is 2.18. The molecule has 0 aliphatic heterocycles. The third-order valence-corrected chi connectivity index (χ3v) is 2.74. The van der Waals surface area contributed by atoms with Crippen molar-refractivity contribution in [3.05, 3.63) is 26.2 Å². The van der Waals surface area contributed by atoms with E-state index in [1.807, 2.05) is 18.2 Å². The number of anilines is 1. The molecule has 1 aromatic carbocycles. The van der Waals surface area contributed by atoms with Gasteiger partial charge in [0, 0.05) is 13.7 Å². The van der Waals surface area contributed by atoms with Gasteiger partial charge in [0.1, 0.15) is 0 Å². The van der Waals surface area contributed by atoms with Crippen molar-refractivity contribution in [3.63, 3.8) is 0 Å². The fourth-order valence-corrected chi connectivity index (χ4v) is 1.67. The van der Waals surface area contributed by atoms with E-state index in [2.05, 4.69) is 49.8 Å². The molecule has 1 N–H and O–H groups in total. The molecule has 0 atom stereocenters. The second-order valence-corrected chi connectivity index (χ2v) is 4.26. The minimum absolute atomic E-state index is 0.562. The third-order valence-electron chi connectivity index (χ3n) is 1.31. The highest BCUT2D eigenvalue weighted by Crippen LogP contribution is 2.22. The molecule has 0 radical (unpaired) electrons. The summed E-state index contributed by atoms with van der Waals surface area (Å²) in [5.41, 5.74) is 1.07. The third kappa shape index (κ3) is 2.68. The monoisotopic (exact) mass is 335 g/mol. The van der Waals surface area contributed by atoms with Gasteiger partial charge in [-0.2, -0.15) is 0 Å². The summed E-state index contributed by atoms with van der Waals surface area (Å²) in [4.78, 5) is 0. The summed E-state index contributed by atoms with van der Waals surface area (Å²) in [6, 6.07) is 6.05. The van der Waals surface area contributed by atoms with E-state index in [1.165, 1.54) is 3.57 Å². The number of halogens is 2. The summed E-state index contributed by atoms with van der Waals surface area (Å²) in [5.74, 6) is 2.53. The number of rotatable bonds is 2. The summed E-state index contributed by atoms with van der Waals surface area (Å²) < 4.78 is 2.23. The van der Waals surface area contributed by atoms with Crippen LogP contribution in [-0.2, 0) is 0 Å². The topological polar surface area (TPSA) is 12.0 Å². The van der Waals surface area contributed by atoms with Crippen LogP contribution in [0.4, 0.5) is 5.69 Å². The maximum Gasteiger partial charge on any atom is 0.0763 e. The van der Waals surface area contributed by atoms with Crippen molar-refractivity contribution in [3.8, 4) is 12.3 Å². The van der Waals surface area contributed by atoms with Crippen molar-refractivity contribution in [1.82, 2.24) is 0 Å². The van der Waals surface area contributed by atoms with Crippen LogP contribution in [0.15, 0.2) is 22.7 Å². The highest BCUT2D eigenvalue weighted by atomic mass is 127. The zero-order valence-corrected chi connectivity index (χ0v) is 10.0. The highest BCUT2D eigenvalue weighted by molar-refractivity contribution is 14.1. The van der Waals surface area contributed by atoms with E-state index in [1.54, 1.807) is 0 Å². The molecule has 1 nitrogen and oxygen atoms in total. The van der Waals surface area contributed by atoms with Crippen molar-refractivity contribution in [2.24, 2.45) is 0 Å². The standard InChI is InChI=1S/C9H7BrIN/c1-2-5-12-9-6-7(10)3-4-8(9)11/h1,3-4,6,12H,5H2. The molecule has 0 unspecified atom stereocenters. The van der Waals surface area contributed by atoms with Gasteiger partial charge in [-0.05, 0) is 40.8 Å². The van der Waals surface area contributed by atoms with Crippen molar-refractivity contribution in [2.45, 2.75) is 0 Å². The molecule has 1 aromatic rings. The first-order chi connectivity index (χ1) is 5.74. The fraction of sp³-hybridized carbons (Fsp3) is 0.111. The molecule has 1 rings (SSSR count). The molecule has 12 heavy (non-hydrogen) atoms. The average molecular weight is 336 g/mol. The number of benzene rings is 1. The predicted molar refractivity (Wildman–Crippen MR) is 64.2 cm³/mol. The van der Waals surface area contributed by atoms with Crippen LogP contribution < -0.4 is 5.32 Å². The van der Waals surface area contributed by atoms with E-state index in [0.717, 1.165) is 10.2 Å². The molecule has 0 aliphatic carbocycles. The molecule has 62 valence electrons. The summed E-state index contributed by atoms with van der Waals surface area (Å²) in [7, 11) is 0. The van der Waals surface area contributed by atoms with E-state index in [-0.39, 0.29) is 0 Å². The Hall–Kier alpha value is -0.210. The lowest BCUT2D eigenvalue weighted by Gasteiger charge is -2.05. The zero-order valence-electron chi connectivity index (χ0n) is 6.27. The first-order valence-electron chi connectivity index (χ1n) is 3.36. The molecule has 0 fully saturated rings. The lowest BCUT2D eigenvalue weighted by atomic mass is 10.3. The first-order valence-corrected chi connectivity index (χ1v) is 5.23. The molecule has 0 saturated heterocycles. The summed E-state index contributed by atoms with van der Waals surface area (Å²) in [6.07, 6.45) is 5.14. The van der Waals surface area contributed by atoms with Gasteiger partial charge in [-0.3, -0.25) is 0 Å². The van der Waals surface area contributed by atoms with Gasteiger partial charge in [-0.25, -0.2) is 0 Å². The summed E-state index contributed by atoms with van der Waals surface area (Å²) >= 11 is 5.66. The maximum absolute atomic E-state index is 5.14. The van der Waals surface area contributed by atoms with Gasteiger partial charge in [-0.15, -0.1) is 6.42 Å². The van der Waals surface area contributed by atoms with Crippen LogP contribution in [-0.4, -0.2) is 6.54 Å². The van der Waals surface area contributed by atoms with Crippen LogP contribution in [0, 0.1) is 15.9 Å².